The first-order chi connectivity index (χ1) is 11.9. The fourth-order valence-corrected chi connectivity index (χ4v) is 2.17. The molecule has 0 aliphatic carbocycles. The molecule has 0 bridgehead atoms. The molecule has 0 saturated carbocycles. The number of hydrazone groups is 1. The fourth-order valence-electron chi connectivity index (χ4n) is 2.06. The summed E-state index contributed by atoms with van der Waals surface area (Å²) in [4.78, 5) is 22.5. The molecule has 0 aliphatic heterocycles. The van der Waals surface area contributed by atoms with Gasteiger partial charge in [0.1, 0.15) is 5.75 Å². The number of ether oxygens (including phenoxy) is 1. The second-order valence-electron chi connectivity index (χ2n) is 5.38. The standard InChI is InChI=1S/C18H17ClN2O4/c1-11-7-15(8-12(2)17(11)19)25-10-16(22)21-20-9-13-3-5-14(6-4-13)18(23)24/h3-9H,10H2,1-2H3,(H,21,22)(H,23,24). The van der Waals surface area contributed by atoms with Crippen molar-refractivity contribution in [2.24, 2.45) is 5.10 Å². The number of carboxylic acid groups (broad SMARTS) is 1. The summed E-state index contributed by atoms with van der Waals surface area (Å²) in [5.74, 6) is -0.854. The average molecular weight is 361 g/mol. The van der Waals surface area contributed by atoms with Crippen LogP contribution in [0.3, 0.4) is 0 Å². The van der Waals surface area contributed by atoms with Crippen molar-refractivity contribution < 1.29 is 19.4 Å². The van der Waals surface area contributed by atoms with E-state index in [1.165, 1.54) is 18.3 Å². The number of carbonyl (C=O) groups excluding carboxylic acids is 1. The van der Waals surface area contributed by atoms with Crippen molar-refractivity contribution in [3.05, 3.63) is 63.7 Å². The minimum absolute atomic E-state index is 0.183. The fraction of sp³-hybridized carbons (Fsp3) is 0.167. The summed E-state index contributed by atoms with van der Waals surface area (Å²) >= 11 is 6.08. The van der Waals surface area contributed by atoms with Crippen LogP contribution in [0.5, 0.6) is 5.75 Å². The molecular weight excluding hydrogens is 344 g/mol. The van der Waals surface area contributed by atoms with Gasteiger partial charge in [0.2, 0.25) is 0 Å². The Hall–Kier alpha value is -2.86. The number of halogens is 1. The molecule has 0 aromatic heterocycles. The van der Waals surface area contributed by atoms with Crippen LogP contribution in [0.4, 0.5) is 0 Å². The van der Waals surface area contributed by atoms with E-state index in [0.29, 0.717) is 16.3 Å². The van der Waals surface area contributed by atoms with Gasteiger partial charge < -0.3 is 9.84 Å². The minimum atomic E-state index is -0.999. The van der Waals surface area contributed by atoms with Gasteiger partial charge in [-0.1, -0.05) is 23.7 Å². The Balaban J connectivity index is 1.85. The third kappa shape index (κ3) is 5.32. The number of benzene rings is 2. The molecule has 2 aromatic carbocycles. The second kappa shape index (κ2) is 8.30. The van der Waals surface area contributed by atoms with Crippen LogP contribution in [-0.4, -0.2) is 29.8 Å². The molecule has 0 spiro atoms. The van der Waals surface area contributed by atoms with Gasteiger partial charge in [0.25, 0.3) is 5.91 Å². The Morgan fingerprint density at radius 2 is 1.80 bits per heavy atom. The van der Waals surface area contributed by atoms with Gasteiger partial charge in [-0.15, -0.1) is 0 Å². The number of rotatable bonds is 6. The van der Waals surface area contributed by atoms with Gasteiger partial charge in [0.15, 0.2) is 6.61 Å². The van der Waals surface area contributed by atoms with Crippen molar-refractivity contribution in [2.45, 2.75) is 13.8 Å². The molecule has 0 heterocycles. The van der Waals surface area contributed by atoms with E-state index >= 15 is 0 Å². The Bertz CT molecular complexity index is 793. The Morgan fingerprint density at radius 3 is 2.36 bits per heavy atom. The Morgan fingerprint density at radius 1 is 1.20 bits per heavy atom. The highest BCUT2D eigenvalue weighted by atomic mass is 35.5. The summed E-state index contributed by atoms with van der Waals surface area (Å²) in [7, 11) is 0. The number of aromatic carboxylic acids is 1. The maximum Gasteiger partial charge on any atom is 0.335 e. The van der Waals surface area contributed by atoms with Gasteiger partial charge in [0, 0.05) is 5.02 Å². The van der Waals surface area contributed by atoms with Crippen molar-refractivity contribution in [2.75, 3.05) is 6.61 Å². The van der Waals surface area contributed by atoms with Crippen LogP contribution >= 0.6 is 11.6 Å². The highest BCUT2D eigenvalue weighted by molar-refractivity contribution is 6.32. The molecule has 2 N–H and O–H groups in total. The molecule has 0 saturated heterocycles. The van der Waals surface area contributed by atoms with Gasteiger partial charge in [0.05, 0.1) is 11.8 Å². The van der Waals surface area contributed by atoms with Crippen LogP contribution in [0, 0.1) is 13.8 Å². The van der Waals surface area contributed by atoms with Crippen LogP contribution in [0.25, 0.3) is 0 Å². The lowest BCUT2D eigenvalue weighted by molar-refractivity contribution is -0.123. The zero-order valence-electron chi connectivity index (χ0n) is 13.7. The molecular formula is C18H17ClN2O4. The van der Waals surface area contributed by atoms with E-state index in [-0.39, 0.29) is 12.2 Å². The normalized spacial score (nSPS) is 10.7. The lowest BCUT2D eigenvalue weighted by Gasteiger charge is -2.09. The zero-order valence-corrected chi connectivity index (χ0v) is 14.5. The molecule has 0 radical (unpaired) electrons. The number of hydrogen-bond donors (Lipinski definition) is 2. The quantitative estimate of drug-likeness (QED) is 0.611. The molecule has 2 rings (SSSR count). The third-order valence-electron chi connectivity index (χ3n) is 3.34. The number of nitrogens with zero attached hydrogens (tertiary/aromatic N) is 1. The number of hydrogen-bond acceptors (Lipinski definition) is 4. The SMILES string of the molecule is Cc1cc(OCC(=O)NN=Cc2ccc(C(=O)O)cc2)cc(C)c1Cl. The van der Waals surface area contributed by atoms with Crippen LogP contribution in [0.2, 0.25) is 5.02 Å². The smallest absolute Gasteiger partial charge is 0.335 e. The lowest BCUT2D eigenvalue weighted by Crippen LogP contribution is -2.24. The Kier molecular flexibility index (Phi) is 6.14. The largest absolute Gasteiger partial charge is 0.484 e. The molecule has 1 amide bonds. The summed E-state index contributed by atoms with van der Waals surface area (Å²) in [6, 6.07) is 9.62. The first kappa shape index (κ1) is 18.5. The molecule has 0 unspecified atom stereocenters. The first-order valence-electron chi connectivity index (χ1n) is 7.41. The number of nitrogens with one attached hydrogen (secondary N) is 1. The summed E-state index contributed by atoms with van der Waals surface area (Å²) in [6.45, 7) is 3.54. The molecule has 2 aromatic rings. The highest BCUT2D eigenvalue weighted by Gasteiger charge is 2.06. The predicted molar refractivity (Wildman–Crippen MR) is 95.6 cm³/mol. The summed E-state index contributed by atoms with van der Waals surface area (Å²) in [6.07, 6.45) is 1.42. The zero-order chi connectivity index (χ0) is 18.4. The van der Waals surface area contributed by atoms with Crippen molar-refractivity contribution in [3.63, 3.8) is 0 Å². The molecule has 130 valence electrons. The topological polar surface area (TPSA) is 88.0 Å². The van der Waals surface area contributed by atoms with Crippen molar-refractivity contribution >= 4 is 29.7 Å². The number of carbonyl (C=O) groups is 2. The maximum absolute atomic E-state index is 11.7. The molecule has 6 nitrogen and oxygen atoms in total. The molecule has 0 fully saturated rings. The summed E-state index contributed by atoms with van der Waals surface area (Å²) in [5, 5.41) is 13.3. The molecule has 7 heteroatoms. The van der Waals surface area contributed by atoms with Crippen LogP contribution in [0.15, 0.2) is 41.5 Å². The second-order valence-corrected chi connectivity index (χ2v) is 5.76. The van der Waals surface area contributed by atoms with E-state index in [4.69, 9.17) is 21.4 Å². The third-order valence-corrected chi connectivity index (χ3v) is 3.94. The van der Waals surface area contributed by atoms with E-state index in [0.717, 1.165) is 11.1 Å². The predicted octanol–water partition coefficient (Wildman–Crippen LogP) is 3.18. The lowest BCUT2D eigenvalue weighted by atomic mass is 10.1. The van der Waals surface area contributed by atoms with E-state index < -0.39 is 11.9 Å². The van der Waals surface area contributed by atoms with E-state index in [9.17, 15) is 9.59 Å². The Labute approximate surface area is 150 Å². The van der Waals surface area contributed by atoms with Gasteiger partial charge in [-0.25, -0.2) is 10.2 Å². The average Bonchev–Trinajstić information content (AvgIpc) is 2.58. The number of aryl methyl sites for hydroxylation is 2. The maximum atomic E-state index is 11.7. The number of carboxylic acids is 1. The van der Waals surface area contributed by atoms with Crippen LogP contribution in [-0.2, 0) is 4.79 Å². The van der Waals surface area contributed by atoms with E-state index in [1.54, 1.807) is 24.3 Å². The highest BCUT2D eigenvalue weighted by Crippen LogP contribution is 2.25. The van der Waals surface area contributed by atoms with Gasteiger partial charge >= 0.3 is 5.97 Å². The molecule has 0 aliphatic rings. The number of amides is 1. The molecule has 25 heavy (non-hydrogen) atoms. The van der Waals surface area contributed by atoms with E-state index in [2.05, 4.69) is 10.5 Å². The summed E-state index contributed by atoms with van der Waals surface area (Å²) in [5.41, 5.74) is 4.94. The van der Waals surface area contributed by atoms with Crippen molar-refractivity contribution in [1.82, 2.24) is 5.43 Å². The minimum Gasteiger partial charge on any atom is -0.484 e. The van der Waals surface area contributed by atoms with Gasteiger partial charge in [-0.3, -0.25) is 4.79 Å². The van der Waals surface area contributed by atoms with Crippen molar-refractivity contribution in [3.8, 4) is 5.75 Å². The molecule has 0 atom stereocenters. The monoisotopic (exact) mass is 360 g/mol. The van der Waals surface area contributed by atoms with Gasteiger partial charge in [-0.05, 0) is 54.8 Å². The van der Waals surface area contributed by atoms with Gasteiger partial charge in [-0.2, -0.15) is 5.10 Å². The van der Waals surface area contributed by atoms with Crippen LogP contribution in [0.1, 0.15) is 27.0 Å². The summed E-state index contributed by atoms with van der Waals surface area (Å²) < 4.78 is 5.42. The van der Waals surface area contributed by atoms with Crippen molar-refractivity contribution in [1.29, 1.82) is 0 Å². The van der Waals surface area contributed by atoms with E-state index in [1.807, 2.05) is 13.8 Å². The van der Waals surface area contributed by atoms with Crippen LogP contribution < -0.4 is 10.2 Å². The first-order valence-corrected chi connectivity index (χ1v) is 7.79.